The van der Waals surface area contributed by atoms with Crippen LogP contribution in [0.3, 0.4) is 0 Å². The van der Waals surface area contributed by atoms with E-state index in [4.69, 9.17) is 23.2 Å². The molecule has 0 aliphatic rings. The van der Waals surface area contributed by atoms with Crippen molar-refractivity contribution < 1.29 is 0 Å². The maximum atomic E-state index is 11.5. The summed E-state index contributed by atoms with van der Waals surface area (Å²) in [5, 5.41) is 12.2. The fourth-order valence-electron chi connectivity index (χ4n) is 1.99. The first-order valence-corrected chi connectivity index (χ1v) is 6.57. The van der Waals surface area contributed by atoms with Crippen LogP contribution in [0, 0.1) is 0 Å². The van der Waals surface area contributed by atoms with Crippen LogP contribution in [0.5, 0.6) is 0 Å². The first-order chi connectivity index (χ1) is 9.95. The molecule has 0 amide bonds. The summed E-state index contributed by atoms with van der Waals surface area (Å²) in [5.74, 6) is 0.412. The van der Waals surface area contributed by atoms with Gasteiger partial charge in [0, 0.05) is 12.0 Å². The van der Waals surface area contributed by atoms with Crippen molar-refractivity contribution >= 4 is 34.2 Å². The number of nitrogens with one attached hydrogen (secondary N) is 2. The quantitative estimate of drug-likeness (QED) is 0.671. The first kappa shape index (κ1) is 13.8. The number of H-pyrrole nitrogens is 2. The first-order valence-electron chi connectivity index (χ1n) is 5.82. The van der Waals surface area contributed by atoms with Gasteiger partial charge < -0.3 is 9.97 Å². The highest BCUT2D eigenvalue weighted by atomic mass is 35.5. The molecule has 2 heterocycles. The Bertz CT molecular complexity index is 957. The average Bonchev–Trinajstić information content (AvgIpc) is 2.83. The standard InChI is InChI=1S/C11H8Cl2N6O2/c1-19-17-7(16-18-19)2-4-8(13)5(12)3-6-9(4)15-11(21)10(20)14-6/h3H,2H2,1H3,(H,14,20)(H,15,21). The zero-order valence-corrected chi connectivity index (χ0v) is 12.2. The molecule has 0 spiro atoms. The third-order valence-electron chi connectivity index (χ3n) is 2.89. The molecular formula is C11H8Cl2N6O2. The fourth-order valence-corrected chi connectivity index (χ4v) is 2.43. The Morgan fingerprint density at radius 2 is 1.95 bits per heavy atom. The molecule has 0 unspecified atom stereocenters. The number of rotatable bonds is 2. The second-order valence-corrected chi connectivity index (χ2v) is 5.14. The summed E-state index contributed by atoms with van der Waals surface area (Å²) in [5.41, 5.74) is -0.242. The Morgan fingerprint density at radius 1 is 1.24 bits per heavy atom. The van der Waals surface area contributed by atoms with E-state index in [0.717, 1.165) is 0 Å². The predicted molar refractivity (Wildman–Crippen MR) is 76.8 cm³/mol. The molecule has 8 nitrogen and oxygen atoms in total. The van der Waals surface area contributed by atoms with E-state index < -0.39 is 11.1 Å². The molecule has 1 aromatic carbocycles. The van der Waals surface area contributed by atoms with Gasteiger partial charge in [-0.25, -0.2) is 0 Å². The zero-order valence-electron chi connectivity index (χ0n) is 10.6. The largest absolute Gasteiger partial charge is 0.316 e. The molecule has 108 valence electrons. The topological polar surface area (TPSA) is 109 Å². The predicted octanol–water partition coefficient (Wildman–Crippen LogP) is 0.637. The average molecular weight is 327 g/mol. The molecular weight excluding hydrogens is 319 g/mol. The van der Waals surface area contributed by atoms with E-state index >= 15 is 0 Å². The Kier molecular flexibility index (Phi) is 3.26. The van der Waals surface area contributed by atoms with Crippen LogP contribution in [0.25, 0.3) is 11.0 Å². The van der Waals surface area contributed by atoms with Crippen molar-refractivity contribution in [3.63, 3.8) is 0 Å². The van der Waals surface area contributed by atoms with Gasteiger partial charge >= 0.3 is 11.1 Å². The van der Waals surface area contributed by atoms with Crippen molar-refractivity contribution in [1.82, 2.24) is 30.2 Å². The lowest BCUT2D eigenvalue weighted by Gasteiger charge is -2.08. The molecule has 0 radical (unpaired) electrons. The van der Waals surface area contributed by atoms with E-state index in [1.807, 2.05) is 0 Å². The Labute approximate surface area is 126 Å². The van der Waals surface area contributed by atoms with Crippen LogP contribution in [0.2, 0.25) is 10.0 Å². The van der Waals surface area contributed by atoms with Gasteiger partial charge in [0.2, 0.25) is 0 Å². The van der Waals surface area contributed by atoms with Crippen LogP contribution >= 0.6 is 23.2 Å². The molecule has 0 saturated heterocycles. The van der Waals surface area contributed by atoms with Crippen molar-refractivity contribution in [3.05, 3.63) is 48.2 Å². The van der Waals surface area contributed by atoms with Crippen molar-refractivity contribution in [3.8, 4) is 0 Å². The smallest absolute Gasteiger partial charge is 0.314 e. The van der Waals surface area contributed by atoms with Crippen molar-refractivity contribution in [2.24, 2.45) is 7.05 Å². The van der Waals surface area contributed by atoms with E-state index in [0.29, 0.717) is 22.4 Å². The summed E-state index contributed by atoms with van der Waals surface area (Å²) >= 11 is 12.2. The summed E-state index contributed by atoms with van der Waals surface area (Å²) in [7, 11) is 1.63. The molecule has 10 heteroatoms. The number of hydrogen-bond acceptors (Lipinski definition) is 5. The fraction of sp³-hybridized carbons (Fsp3) is 0.182. The molecule has 0 aliphatic carbocycles. The molecule has 0 fully saturated rings. The summed E-state index contributed by atoms with van der Waals surface area (Å²) in [6.07, 6.45) is 0.214. The summed E-state index contributed by atoms with van der Waals surface area (Å²) in [6.45, 7) is 0. The minimum absolute atomic E-state index is 0.214. The second-order valence-electron chi connectivity index (χ2n) is 4.35. The number of halogens is 2. The number of tetrazole rings is 1. The van der Waals surface area contributed by atoms with E-state index in [9.17, 15) is 9.59 Å². The van der Waals surface area contributed by atoms with E-state index in [1.165, 1.54) is 10.9 Å². The lowest BCUT2D eigenvalue weighted by Crippen LogP contribution is -2.29. The summed E-state index contributed by atoms with van der Waals surface area (Å²) in [4.78, 5) is 29.2. The van der Waals surface area contributed by atoms with Crippen molar-refractivity contribution in [1.29, 1.82) is 0 Å². The monoisotopic (exact) mass is 326 g/mol. The van der Waals surface area contributed by atoms with Gasteiger partial charge in [0.25, 0.3) is 0 Å². The summed E-state index contributed by atoms with van der Waals surface area (Å²) < 4.78 is 0. The van der Waals surface area contributed by atoms with Gasteiger partial charge in [-0.1, -0.05) is 23.2 Å². The number of aromatic nitrogens is 6. The van der Waals surface area contributed by atoms with Gasteiger partial charge in [-0.3, -0.25) is 9.59 Å². The van der Waals surface area contributed by atoms with E-state index in [-0.39, 0.29) is 16.5 Å². The highest BCUT2D eigenvalue weighted by Gasteiger charge is 2.15. The molecule has 0 aliphatic heterocycles. The van der Waals surface area contributed by atoms with Crippen LogP contribution in [0.1, 0.15) is 11.4 Å². The molecule has 2 N–H and O–H groups in total. The number of hydrogen-bond donors (Lipinski definition) is 2. The number of nitrogens with zero attached hydrogens (tertiary/aromatic N) is 4. The van der Waals surface area contributed by atoms with Gasteiger partial charge in [-0.2, -0.15) is 4.80 Å². The van der Waals surface area contributed by atoms with Gasteiger partial charge in [-0.15, -0.1) is 10.2 Å². The maximum Gasteiger partial charge on any atom is 0.314 e. The van der Waals surface area contributed by atoms with E-state index in [2.05, 4.69) is 25.4 Å². The number of aryl methyl sites for hydroxylation is 1. The summed E-state index contributed by atoms with van der Waals surface area (Å²) in [6, 6.07) is 1.48. The molecule has 3 rings (SSSR count). The minimum Gasteiger partial charge on any atom is -0.316 e. The lowest BCUT2D eigenvalue weighted by atomic mass is 10.1. The molecule has 2 aromatic heterocycles. The Balaban J connectivity index is 2.28. The lowest BCUT2D eigenvalue weighted by molar-refractivity contribution is 0.628. The van der Waals surface area contributed by atoms with Crippen molar-refractivity contribution in [2.75, 3.05) is 0 Å². The normalized spacial score (nSPS) is 11.2. The third kappa shape index (κ3) is 2.43. The van der Waals surface area contributed by atoms with Crippen LogP contribution in [-0.2, 0) is 13.5 Å². The number of fused-ring (bicyclic) bond motifs is 1. The zero-order chi connectivity index (χ0) is 15.1. The number of aromatic amines is 2. The van der Waals surface area contributed by atoms with Crippen molar-refractivity contribution in [2.45, 2.75) is 6.42 Å². The van der Waals surface area contributed by atoms with Crippen LogP contribution < -0.4 is 11.1 Å². The third-order valence-corrected chi connectivity index (χ3v) is 3.72. The number of benzene rings is 1. The maximum absolute atomic E-state index is 11.5. The van der Waals surface area contributed by atoms with Gasteiger partial charge in [-0.05, 0) is 11.3 Å². The van der Waals surface area contributed by atoms with Gasteiger partial charge in [0.05, 0.1) is 28.1 Å². The van der Waals surface area contributed by atoms with Gasteiger partial charge in [0.1, 0.15) is 0 Å². The van der Waals surface area contributed by atoms with Crippen LogP contribution in [-0.4, -0.2) is 30.2 Å². The van der Waals surface area contributed by atoms with Crippen LogP contribution in [0.15, 0.2) is 15.7 Å². The highest BCUT2D eigenvalue weighted by molar-refractivity contribution is 6.43. The van der Waals surface area contributed by atoms with E-state index in [1.54, 1.807) is 7.05 Å². The SMILES string of the molecule is Cn1nnc(Cc2c(Cl)c(Cl)cc3[nH]c(=O)c(=O)[nH]c23)n1. The second kappa shape index (κ2) is 4.97. The highest BCUT2D eigenvalue weighted by Crippen LogP contribution is 2.31. The van der Waals surface area contributed by atoms with Crippen LogP contribution in [0.4, 0.5) is 0 Å². The minimum atomic E-state index is -0.769. The molecule has 21 heavy (non-hydrogen) atoms. The molecule has 0 saturated carbocycles. The Hall–Kier alpha value is -2.19. The molecule has 0 atom stereocenters. The Morgan fingerprint density at radius 3 is 2.62 bits per heavy atom. The molecule has 0 bridgehead atoms. The molecule has 3 aromatic rings. The van der Waals surface area contributed by atoms with Gasteiger partial charge in [0.15, 0.2) is 5.82 Å².